The highest BCUT2D eigenvalue weighted by Gasteiger charge is 2.49. The number of hydrogen-bond donors (Lipinski definition) is 1. The average molecular weight is 447 g/mol. The molecule has 2 aliphatic rings. The third-order valence-corrected chi connectivity index (χ3v) is 6.93. The molecule has 1 aliphatic heterocycles. The molecular formula is C26H30N4O3. The highest BCUT2D eigenvalue weighted by Crippen LogP contribution is 2.34. The number of nitrogens with zero attached hydrogens (tertiary/aromatic N) is 3. The first-order valence-electron chi connectivity index (χ1n) is 11.8. The van der Waals surface area contributed by atoms with Gasteiger partial charge in [-0.1, -0.05) is 43.2 Å². The number of carbonyl (C=O) groups excluding carboxylic acids is 2. The van der Waals surface area contributed by atoms with Crippen LogP contribution in [0, 0.1) is 0 Å². The normalized spacial score (nSPS) is 20.8. The molecule has 2 heterocycles. The summed E-state index contributed by atoms with van der Waals surface area (Å²) in [5, 5.41) is 3.24. The van der Waals surface area contributed by atoms with E-state index in [1.807, 2.05) is 66.9 Å². The summed E-state index contributed by atoms with van der Waals surface area (Å²) in [6, 6.07) is 15.6. The molecule has 2 aromatic carbocycles. The molecule has 1 N–H and O–H groups in total. The number of nitrogens with one attached hydrogen (secondary N) is 1. The van der Waals surface area contributed by atoms with Crippen LogP contribution in [-0.2, 0) is 17.9 Å². The molecule has 7 heteroatoms. The summed E-state index contributed by atoms with van der Waals surface area (Å²) in [7, 11) is 0. The lowest BCUT2D eigenvalue weighted by Gasteiger charge is -2.44. The number of carbonyl (C=O) groups is 2. The molecule has 3 aromatic rings. The Bertz CT molecular complexity index is 1200. The second-order valence-electron chi connectivity index (χ2n) is 9.17. The van der Waals surface area contributed by atoms with Gasteiger partial charge in [-0.2, -0.15) is 0 Å². The Morgan fingerprint density at radius 3 is 2.67 bits per heavy atom. The SMILES string of the molecule is CCOc1ccccc1CN1C(=O)c2nc3ccccc3n2CC1(C)C(=O)NC1CCCC1. The van der Waals surface area contributed by atoms with E-state index in [0.29, 0.717) is 19.0 Å². The largest absolute Gasteiger partial charge is 0.494 e. The summed E-state index contributed by atoms with van der Waals surface area (Å²) in [6.45, 7) is 4.96. The smallest absolute Gasteiger partial charge is 0.291 e. The number of ether oxygens (including phenoxy) is 1. The van der Waals surface area contributed by atoms with Crippen molar-refractivity contribution >= 4 is 22.8 Å². The van der Waals surface area contributed by atoms with E-state index in [1.165, 1.54) is 0 Å². The molecule has 0 bridgehead atoms. The molecule has 0 spiro atoms. The maximum Gasteiger partial charge on any atom is 0.291 e. The van der Waals surface area contributed by atoms with Gasteiger partial charge in [0.2, 0.25) is 5.91 Å². The second kappa shape index (κ2) is 8.54. The van der Waals surface area contributed by atoms with Gasteiger partial charge in [0, 0.05) is 11.6 Å². The molecule has 1 aliphatic carbocycles. The van der Waals surface area contributed by atoms with Crippen LogP contribution in [0.5, 0.6) is 5.75 Å². The van der Waals surface area contributed by atoms with E-state index >= 15 is 0 Å². The number of amides is 2. The summed E-state index contributed by atoms with van der Waals surface area (Å²) >= 11 is 0. The monoisotopic (exact) mass is 446 g/mol. The third-order valence-electron chi connectivity index (χ3n) is 6.93. The van der Waals surface area contributed by atoms with Crippen molar-refractivity contribution in [3.8, 4) is 5.75 Å². The second-order valence-corrected chi connectivity index (χ2v) is 9.17. The van der Waals surface area contributed by atoms with Crippen LogP contribution >= 0.6 is 0 Å². The third kappa shape index (κ3) is 3.75. The first-order chi connectivity index (χ1) is 16.0. The van der Waals surface area contributed by atoms with Crippen molar-refractivity contribution in [2.24, 2.45) is 0 Å². The van der Waals surface area contributed by atoms with Gasteiger partial charge in [0.25, 0.3) is 5.91 Å². The zero-order valence-corrected chi connectivity index (χ0v) is 19.2. The van der Waals surface area contributed by atoms with Crippen LogP contribution in [0.15, 0.2) is 48.5 Å². The summed E-state index contributed by atoms with van der Waals surface area (Å²) in [5.41, 5.74) is 1.44. The van der Waals surface area contributed by atoms with E-state index in [9.17, 15) is 9.59 Å². The molecule has 2 amide bonds. The maximum atomic E-state index is 13.8. The number of aromatic nitrogens is 2. The molecule has 33 heavy (non-hydrogen) atoms. The van der Waals surface area contributed by atoms with Crippen molar-refractivity contribution < 1.29 is 14.3 Å². The van der Waals surface area contributed by atoms with Crippen LogP contribution < -0.4 is 10.1 Å². The Kier molecular flexibility index (Phi) is 5.56. The van der Waals surface area contributed by atoms with E-state index in [0.717, 1.165) is 48.0 Å². The van der Waals surface area contributed by atoms with Crippen LogP contribution in [0.4, 0.5) is 0 Å². The predicted octanol–water partition coefficient (Wildman–Crippen LogP) is 3.91. The Morgan fingerprint density at radius 1 is 1.15 bits per heavy atom. The Morgan fingerprint density at radius 2 is 1.88 bits per heavy atom. The predicted molar refractivity (Wildman–Crippen MR) is 126 cm³/mol. The number of benzene rings is 2. The zero-order chi connectivity index (χ0) is 23.0. The molecule has 1 fully saturated rings. The van der Waals surface area contributed by atoms with Crippen molar-refractivity contribution in [2.45, 2.75) is 64.2 Å². The molecule has 1 aromatic heterocycles. The fourth-order valence-corrected chi connectivity index (χ4v) is 5.09. The van der Waals surface area contributed by atoms with Crippen molar-refractivity contribution in [1.29, 1.82) is 0 Å². The number of rotatable bonds is 6. The first kappa shape index (κ1) is 21.5. The molecular weight excluding hydrogens is 416 g/mol. The van der Waals surface area contributed by atoms with Gasteiger partial charge in [0.1, 0.15) is 11.3 Å². The number of imidazole rings is 1. The average Bonchev–Trinajstić information content (AvgIpc) is 3.46. The van der Waals surface area contributed by atoms with Crippen molar-refractivity contribution in [2.75, 3.05) is 6.61 Å². The quantitative estimate of drug-likeness (QED) is 0.623. The van der Waals surface area contributed by atoms with Crippen LogP contribution in [-0.4, -0.2) is 44.5 Å². The highest BCUT2D eigenvalue weighted by molar-refractivity contribution is 6.01. The minimum atomic E-state index is -1.06. The van der Waals surface area contributed by atoms with Crippen LogP contribution in [0.2, 0.25) is 0 Å². The van der Waals surface area contributed by atoms with E-state index < -0.39 is 5.54 Å². The van der Waals surface area contributed by atoms with E-state index in [4.69, 9.17) is 4.74 Å². The van der Waals surface area contributed by atoms with Crippen molar-refractivity contribution in [3.63, 3.8) is 0 Å². The van der Waals surface area contributed by atoms with Gasteiger partial charge in [0.05, 0.1) is 30.7 Å². The van der Waals surface area contributed by atoms with Gasteiger partial charge in [0.15, 0.2) is 5.82 Å². The minimum absolute atomic E-state index is 0.111. The van der Waals surface area contributed by atoms with Crippen LogP contribution in [0.1, 0.15) is 55.7 Å². The Labute approximate surface area is 193 Å². The van der Waals surface area contributed by atoms with Gasteiger partial charge < -0.3 is 19.5 Å². The molecule has 172 valence electrons. The lowest BCUT2D eigenvalue weighted by Crippen LogP contribution is -2.64. The molecule has 1 unspecified atom stereocenters. The lowest BCUT2D eigenvalue weighted by atomic mass is 9.93. The summed E-state index contributed by atoms with van der Waals surface area (Å²) in [6.07, 6.45) is 4.23. The van der Waals surface area contributed by atoms with E-state index in [-0.39, 0.29) is 24.4 Å². The number of para-hydroxylation sites is 3. The van der Waals surface area contributed by atoms with Crippen molar-refractivity contribution in [1.82, 2.24) is 19.8 Å². The Hall–Kier alpha value is -3.35. The van der Waals surface area contributed by atoms with Gasteiger partial charge in [-0.3, -0.25) is 9.59 Å². The minimum Gasteiger partial charge on any atom is -0.494 e. The van der Waals surface area contributed by atoms with Gasteiger partial charge >= 0.3 is 0 Å². The fraction of sp³-hybridized carbons (Fsp3) is 0.423. The highest BCUT2D eigenvalue weighted by atomic mass is 16.5. The maximum absolute atomic E-state index is 13.8. The zero-order valence-electron chi connectivity index (χ0n) is 19.2. The summed E-state index contributed by atoms with van der Waals surface area (Å²) in [5.74, 6) is 0.745. The van der Waals surface area contributed by atoms with Gasteiger partial charge in [-0.05, 0) is 44.9 Å². The Balaban J connectivity index is 1.57. The fourth-order valence-electron chi connectivity index (χ4n) is 5.09. The van der Waals surface area contributed by atoms with Crippen molar-refractivity contribution in [3.05, 3.63) is 59.9 Å². The standard InChI is InChI=1S/C26H30N4O3/c1-3-33-22-15-9-4-10-18(22)16-30-24(31)23-28-20-13-7-8-14-21(20)29(23)17-26(30,2)25(32)27-19-11-5-6-12-19/h4,7-10,13-15,19H,3,5-6,11-12,16-17H2,1-2H3,(H,27,32). The topological polar surface area (TPSA) is 76.5 Å². The summed E-state index contributed by atoms with van der Waals surface area (Å²) < 4.78 is 7.71. The molecule has 1 saturated carbocycles. The molecule has 1 atom stereocenters. The van der Waals surface area contributed by atoms with Gasteiger partial charge in [-0.25, -0.2) is 4.98 Å². The lowest BCUT2D eigenvalue weighted by molar-refractivity contribution is -0.133. The van der Waals surface area contributed by atoms with Crippen LogP contribution in [0.3, 0.4) is 0 Å². The number of fused-ring (bicyclic) bond motifs is 3. The summed E-state index contributed by atoms with van der Waals surface area (Å²) in [4.78, 5) is 33.9. The molecule has 7 nitrogen and oxygen atoms in total. The van der Waals surface area contributed by atoms with Crippen LogP contribution in [0.25, 0.3) is 11.0 Å². The van der Waals surface area contributed by atoms with E-state index in [2.05, 4.69) is 10.3 Å². The molecule has 0 saturated heterocycles. The first-order valence-corrected chi connectivity index (χ1v) is 11.8. The molecule has 0 radical (unpaired) electrons. The van der Waals surface area contributed by atoms with Gasteiger partial charge in [-0.15, -0.1) is 0 Å². The molecule has 5 rings (SSSR count). The van der Waals surface area contributed by atoms with E-state index in [1.54, 1.807) is 4.90 Å². The number of hydrogen-bond acceptors (Lipinski definition) is 4.